The van der Waals surface area contributed by atoms with E-state index in [0.29, 0.717) is 23.0 Å². The average Bonchev–Trinajstić information content (AvgIpc) is 3.40. The predicted octanol–water partition coefficient (Wildman–Crippen LogP) is 1.52. The van der Waals surface area contributed by atoms with Crippen LogP contribution in [-0.2, 0) is 9.59 Å². The molecular weight excluding hydrogens is 392 g/mol. The van der Waals surface area contributed by atoms with Crippen molar-refractivity contribution in [3.8, 4) is 23.0 Å². The largest absolute Gasteiger partial charge is 0.454 e. The topological polar surface area (TPSA) is 120 Å². The second kappa shape index (κ2) is 8.95. The van der Waals surface area contributed by atoms with Gasteiger partial charge in [-0.15, -0.1) is 0 Å². The Hall–Kier alpha value is -4.08. The van der Waals surface area contributed by atoms with Crippen LogP contribution in [0.5, 0.6) is 23.0 Å². The fraction of sp³-hybridized carbons (Fsp3) is 0.200. The highest BCUT2D eigenvalue weighted by atomic mass is 16.7. The summed E-state index contributed by atoms with van der Waals surface area (Å²) in [4.78, 5) is 23.6. The highest BCUT2D eigenvalue weighted by Gasteiger charge is 2.13. The van der Waals surface area contributed by atoms with Gasteiger partial charge in [0.05, 0.1) is 12.4 Å². The zero-order chi connectivity index (χ0) is 20.8. The average molecular weight is 410 g/mol. The summed E-state index contributed by atoms with van der Waals surface area (Å²) in [6.45, 7) is 0.380. The van der Waals surface area contributed by atoms with Crippen LogP contribution in [0.25, 0.3) is 0 Å². The third-order valence-electron chi connectivity index (χ3n) is 4.18. The Morgan fingerprint density at radius 1 is 0.733 bits per heavy atom. The molecule has 0 unspecified atom stereocenters. The third-order valence-corrected chi connectivity index (χ3v) is 4.18. The molecule has 0 fully saturated rings. The smallest absolute Gasteiger partial charge is 0.240 e. The first-order valence-corrected chi connectivity index (χ1v) is 9.10. The molecule has 2 aromatic carbocycles. The van der Waals surface area contributed by atoms with Crippen LogP contribution in [0.3, 0.4) is 0 Å². The van der Waals surface area contributed by atoms with Crippen molar-refractivity contribution in [3.05, 3.63) is 47.5 Å². The molecule has 0 spiro atoms. The lowest BCUT2D eigenvalue weighted by Gasteiger charge is -2.01. The molecule has 10 nitrogen and oxygen atoms in total. The zero-order valence-electron chi connectivity index (χ0n) is 15.8. The minimum absolute atomic E-state index is 0.0240. The van der Waals surface area contributed by atoms with Gasteiger partial charge in [0.15, 0.2) is 23.0 Å². The Morgan fingerprint density at radius 3 is 1.63 bits per heavy atom. The zero-order valence-corrected chi connectivity index (χ0v) is 15.8. The van der Waals surface area contributed by atoms with Gasteiger partial charge in [0.2, 0.25) is 25.4 Å². The van der Waals surface area contributed by atoms with Crippen LogP contribution < -0.4 is 29.8 Å². The summed E-state index contributed by atoms with van der Waals surface area (Å²) < 4.78 is 21.0. The number of hydrazone groups is 2. The van der Waals surface area contributed by atoms with Gasteiger partial charge in [0, 0.05) is 12.8 Å². The van der Waals surface area contributed by atoms with E-state index in [1.165, 1.54) is 12.4 Å². The summed E-state index contributed by atoms with van der Waals surface area (Å²) in [5.41, 5.74) is 6.24. The van der Waals surface area contributed by atoms with Crippen LogP contribution in [0.15, 0.2) is 46.6 Å². The molecular formula is C20H18N4O6. The van der Waals surface area contributed by atoms with Crippen LogP contribution in [0, 0.1) is 0 Å². The molecule has 0 aliphatic carbocycles. The molecule has 4 rings (SSSR count). The molecule has 0 saturated carbocycles. The fourth-order valence-electron chi connectivity index (χ4n) is 2.68. The van der Waals surface area contributed by atoms with E-state index in [9.17, 15) is 9.59 Å². The van der Waals surface area contributed by atoms with Crippen LogP contribution in [0.1, 0.15) is 24.0 Å². The Bertz CT molecular complexity index is 939. The predicted molar refractivity (Wildman–Crippen MR) is 106 cm³/mol. The Labute approximate surface area is 171 Å². The number of amides is 2. The number of hydrogen-bond acceptors (Lipinski definition) is 8. The fourth-order valence-corrected chi connectivity index (χ4v) is 2.68. The number of nitrogens with zero attached hydrogens (tertiary/aromatic N) is 2. The molecule has 2 N–H and O–H groups in total. The number of carbonyl (C=O) groups is 2. The normalized spacial score (nSPS) is 13.7. The van der Waals surface area contributed by atoms with Gasteiger partial charge >= 0.3 is 0 Å². The number of hydrogen-bond donors (Lipinski definition) is 2. The SMILES string of the molecule is O=C(CCC(=O)N/N=C\c1ccc2c(c1)OCO2)N/N=C\c1ccc2c(c1)OCO2. The van der Waals surface area contributed by atoms with Crippen molar-refractivity contribution in [2.45, 2.75) is 12.8 Å². The van der Waals surface area contributed by atoms with Gasteiger partial charge in [0.1, 0.15) is 0 Å². The van der Waals surface area contributed by atoms with Gasteiger partial charge < -0.3 is 18.9 Å². The first-order valence-electron chi connectivity index (χ1n) is 9.10. The Balaban J connectivity index is 1.17. The second-order valence-electron chi connectivity index (χ2n) is 6.31. The van der Waals surface area contributed by atoms with Gasteiger partial charge in [-0.25, -0.2) is 10.9 Å². The standard InChI is InChI=1S/C20H18N4O6/c25-19(23-21-9-13-1-3-15-17(7-13)29-11-27-15)5-6-20(26)24-22-10-14-2-4-16-18(8-14)30-12-28-16/h1-4,7-10H,5-6,11-12H2,(H,23,25)(H,24,26)/b21-9-,22-10-. The maximum absolute atomic E-state index is 11.8. The maximum Gasteiger partial charge on any atom is 0.240 e. The molecule has 0 bridgehead atoms. The molecule has 2 aliphatic heterocycles. The third kappa shape index (κ3) is 4.85. The first kappa shape index (κ1) is 19.2. The summed E-state index contributed by atoms with van der Waals surface area (Å²) in [5, 5.41) is 7.74. The van der Waals surface area contributed by atoms with Crippen molar-refractivity contribution in [1.29, 1.82) is 0 Å². The van der Waals surface area contributed by atoms with E-state index < -0.39 is 0 Å². The summed E-state index contributed by atoms with van der Waals surface area (Å²) in [6, 6.07) is 10.6. The van der Waals surface area contributed by atoms with Crippen molar-refractivity contribution in [2.24, 2.45) is 10.2 Å². The molecule has 10 heteroatoms. The highest BCUT2D eigenvalue weighted by Crippen LogP contribution is 2.32. The highest BCUT2D eigenvalue weighted by molar-refractivity contribution is 5.87. The molecule has 2 heterocycles. The van der Waals surface area contributed by atoms with Gasteiger partial charge in [-0.1, -0.05) is 0 Å². The lowest BCUT2D eigenvalue weighted by atomic mass is 10.2. The first-order chi connectivity index (χ1) is 14.7. The molecule has 154 valence electrons. The van der Waals surface area contributed by atoms with Crippen LogP contribution in [0.2, 0.25) is 0 Å². The van der Waals surface area contributed by atoms with E-state index in [2.05, 4.69) is 21.1 Å². The summed E-state index contributed by atoms with van der Waals surface area (Å²) >= 11 is 0. The molecule has 0 aromatic heterocycles. The molecule has 2 aromatic rings. The number of rotatable bonds is 7. The minimum atomic E-state index is -0.387. The molecule has 30 heavy (non-hydrogen) atoms. The molecule has 2 amide bonds. The van der Waals surface area contributed by atoms with Crippen LogP contribution in [-0.4, -0.2) is 37.8 Å². The van der Waals surface area contributed by atoms with E-state index in [1.54, 1.807) is 36.4 Å². The number of fused-ring (bicyclic) bond motifs is 2. The van der Waals surface area contributed by atoms with Crippen LogP contribution >= 0.6 is 0 Å². The molecule has 0 radical (unpaired) electrons. The second-order valence-corrected chi connectivity index (χ2v) is 6.31. The summed E-state index contributed by atoms with van der Waals surface area (Å²) in [7, 11) is 0. The van der Waals surface area contributed by atoms with E-state index in [-0.39, 0.29) is 38.2 Å². The van der Waals surface area contributed by atoms with E-state index in [1.807, 2.05) is 0 Å². The maximum atomic E-state index is 11.8. The van der Waals surface area contributed by atoms with Crippen LogP contribution in [0.4, 0.5) is 0 Å². The molecule has 0 atom stereocenters. The summed E-state index contributed by atoms with van der Waals surface area (Å²) in [5.74, 6) is 1.82. The van der Waals surface area contributed by atoms with Gasteiger partial charge in [-0.2, -0.15) is 10.2 Å². The van der Waals surface area contributed by atoms with E-state index in [4.69, 9.17) is 18.9 Å². The molecule has 0 saturated heterocycles. The number of carbonyl (C=O) groups excluding carboxylic acids is 2. The minimum Gasteiger partial charge on any atom is -0.454 e. The van der Waals surface area contributed by atoms with E-state index in [0.717, 1.165) is 11.1 Å². The van der Waals surface area contributed by atoms with Crippen molar-refractivity contribution in [3.63, 3.8) is 0 Å². The number of benzene rings is 2. The Morgan fingerprint density at radius 2 is 1.17 bits per heavy atom. The van der Waals surface area contributed by atoms with Gasteiger partial charge in [-0.3, -0.25) is 9.59 Å². The lowest BCUT2D eigenvalue weighted by Crippen LogP contribution is -2.22. The quantitative estimate of drug-likeness (QED) is 0.528. The lowest BCUT2D eigenvalue weighted by molar-refractivity contribution is -0.126. The monoisotopic (exact) mass is 410 g/mol. The van der Waals surface area contributed by atoms with Crippen molar-refractivity contribution in [1.82, 2.24) is 10.9 Å². The van der Waals surface area contributed by atoms with Crippen molar-refractivity contribution < 1.29 is 28.5 Å². The Kier molecular flexibility index (Phi) is 5.74. The number of nitrogens with one attached hydrogen (secondary N) is 2. The summed E-state index contributed by atoms with van der Waals surface area (Å²) in [6.07, 6.45) is 2.92. The van der Waals surface area contributed by atoms with Crippen molar-refractivity contribution in [2.75, 3.05) is 13.6 Å². The van der Waals surface area contributed by atoms with Crippen molar-refractivity contribution >= 4 is 24.2 Å². The van der Waals surface area contributed by atoms with E-state index >= 15 is 0 Å². The van der Waals surface area contributed by atoms with Gasteiger partial charge in [0.25, 0.3) is 0 Å². The number of ether oxygens (including phenoxy) is 4. The molecule has 2 aliphatic rings. The van der Waals surface area contributed by atoms with Gasteiger partial charge in [-0.05, 0) is 47.5 Å².